The van der Waals surface area contributed by atoms with E-state index < -0.39 is 0 Å². The van der Waals surface area contributed by atoms with Gasteiger partial charge in [0, 0.05) is 7.05 Å². The van der Waals surface area contributed by atoms with Crippen molar-refractivity contribution in [2.75, 3.05) is 19.0 Å². The van der Waals surface area contributed by atoms with Crippen molar-refractivity contribution in [3.63, 3.8) is 0 Å². The number of nitrogens with zero attached hydrogens (tertiary/aromatic N) is 2. The zero-order valence-electron chi connectivity index (χ0n) is 9.40. The van der Waals surface area contributed by atoms with Gasteiger partial charge in [-0.1, -0.05) is 6.92 Å². The number of nitrogens with one attached hydrogen (secondary N) is 2. The van der Waals surface area contributed by atoms with Crippen LogP contribution < -0.4 is 10.6 Å². The van der Waals surface area contributed by atoms with Gasteiger partial charge in [0.15, 0.2) is 5.69 Å². The zero-order chi connectivity index (χ0) is 12.0. The minimum Gasteiger partial charge on any atom is -0.394 e. The first-order valence-electron chi connectivity index (χ1n) is 5.14. The average molecular weight is 224 g/mol. The monoisotopic (exact) mass is 224 g/mol. The summed E-state index contributed by atoms with van der Waals surface area (Å²) >= 11 is 0. The largest absolute Gasteiger partial charge is 0.394 e. The van der Waals surface area contributed by atoms with Crippen LogP contribution in [0.5, 0.6) is 0 Å². The van der Waals surface area contributed by atoms with Crippen molar-refractivity contribution < 1.29 is 9.90 Å². The molecule has 0 saturated heterocycles. The molecule has 0 bridgehead atoms. The molecule has 0 aliphatic heterocycles. The highest BCUT2D eigenvalue weighted by atomic mass is 16.3. The van der Waals surface area contributed by atoms with Crippen LogP contribution in [0, 0.1) is 0 Å². The van der Waals surface area contributed by atoms with Gasteiger partial charge in [-0.2, -0.15) is 0 Å². The fourth-order valence-corrected chi connectivity index (χ4v) is 1.14. The molecule has 6 heteroatoms. The van der Waals surface area contributed by atoms with Gasteiger partial charge in [-0.25, -0.2) is 0 Å². The van der Waals surface area contributed by atoms with Gasteiger partial charge in [0.05, 0.1) is 12.6 Å². The average Bonchev–Trinajstić information content (AvgIpc) is 2.35. The van der Waals surface area contributed by atoms with Crippen molar-refractivity contribution in [2.24, 2.45) is 0 Å². The normalized spacial score (nSPS) is 11.9. The number of hydrogen-bond acceptors (Lipinski definition) is 5. The third kappa shape index (κ3) is 3.16. The number of aliphatic hydroxyl groups excluding tert-OH is 1. The lowest BCUT2D eigenvalue weighted by atomic mass is 10.2. The summed E-state index contributed by atoms with van der Waals surface area (Å²) < 4.78 is 0. The molecule has 1 unspecified atom stereocenters. The van der Waals surface area contributed by atoms with Gasteiger partial charge in [0.2, 0.25) is 0 Å². The molecule has 1 heterocycles. The van der Waals surface area contributed by atoms with Crippen LogP contribution in [-0.2, 0) is 0 Å². The highest BCUT2D eigenvalue weighted by Crippen LogP contribution is 2.05. The standard InChI is InChI=1S/C10H16N4O2/c1-3-7(6-15)12-9-5-4-8(13-14-9)10(16)11-2/h4-5,7,15H,3,6H2,1-2H3,(H,11,16)(H,12,14). The molecule has 0 fully saturated rings. The van der Waals surface area contributed by atoms with E-state index in [1.165, 1.54) is 7.05 Å². The van der Waals surface area contributed by atoms with Gasteiger partial charge < -0.3 is 15.7 Å². The Morgan fingerprint density at radius 1 is 1.50 bits per heavy atom. The molecule has 0 spiro atoms. The van der Waals surface area contributed by atoms with Gasteiger partial charge in [-0.3, -0.25) is 4.79 Å². The molecule has 0 aliphatic carbocycles. The lowest BCUT2D eigenvalue weighted by molar-refractivity contribution is 0.0957. The predicted octanol–water partition coefficient (Wildman–Crippen LogP) is 0.0190. The number of hydrogen-bond donors (Lipinski definition) is 3. The maximum atomic E-state index is 11.2. The van der Waals surface area contributed by atoms with E-state index in [0.717, 1.165) is 6.42 Å². The quantitative estimate of drug-likeness (QED) is 0.656. The molecule has 3 N–H and O–H groups in total. The highest BCUT2D eigenvalue weighted by molar-refractivity contribution is 5.91. The minimum atomic E-state index is -0.270. The van der Waals surface area contributed by atoms with Crippen LogP contribution in [0.25, 0.3) is 0 Å². The number of anilines is 1. The van der Waals surface area contributed by atoms with Crippen LogP contribution in [-0.4, -0.2) is 40.9 Å². The molecule has 0 aliphatic rings. The Kier molecular flexibility index (Phi) is 4.65. The molecule has 1 rings (SSSR count). The fourth-order valence-electron chi connectivity index (χ4n) is 1.14. The summed E-state index contributed by atoms with van der Waals surface area (Å²) in [5.74, 6) is 0.279. The molecular formula is C10H16N4O2. The first kappa shape index (κ1) is 12.4. The number of carbonyl (C=O) groups excluding carboxylic acids is 1. The van der Waals surface area contributed by atoms with E-state index in [1.54, 1.807) is 12.1 Å². The molecule has 1 amide bonds. The van der Waals surface area contributed by atoms with Gasteiger partial charge in [-0.15, -0.1) is 10.2 Å². The Labute approximate surface area is 94.1 Å². The van der Waals surface area contributed by atoms with Crippen molar-refractivity contribution in [1.29, 1.82) is 0 Å². The Bertz CT molecular complexity index is 335. The van der Waals surface area contributed by atoms with Crippen LogP contribution in [0.2, 0.25) is 0 Å². The van der Waals surface area contributed by atoms with Gasteiger partial charge >= 0.3 is 0 Å². The Balaban J connectivity index is 2.67. The number of aliphatic hydroxyl groups is 1. The summed E-state index contributed by atoms with van der Waals surface area (Å²) in [6.07, 6.45) is 0.787. The molecule has 1 aromatic rings. The van der Waals surface area contributed by atoms with Crippen molar-refractivity contribution >= 4 is 11.7 Å². The molecule has 0 saturated carbocycles. The van der Waals surface area contributed by atoms with Crippen molar-refractivity contribution in [3.8, 4) is 0 Å². The van der Waals surface area contributed by atoms with Crippen molar-refractivity contribution in [3.05, 3.63) is 17.8 Å². The SMILES string of the molecule is CCC(CO)Nc1ccc(C(=O)NC)nn1. The highest BCUT2D eigenvalue weighted by Gasteiger charge is 2.08. The maximum Gasteiger partial charge on any atom is 0.271 e. The lowest BCUT2D eigenvalue weighted by Gasteiger charge is -2.13. The van der Waals surface area contributed by atoms with E-state index in [1.807, 2.05) is 6.92 Å². The van der Waals surface area contributed by atoms with Crippen molar-refractivity contribution in [2.45, 2.75) is 19.4 Å². The van der Waals surface area contributed by atoms with E-state index in [4.69, 9.17) is 5.11 Å². The third-order valence-corrected chi connectivity index (χ3v) is 2.19. The summed E-state index contributed by atoms with van der Waals surface area (Å²) in [5, 5.41) is 22.1. The number of rotatable bonds is 5. The Morgan fingerprint density at radius 2 is 2.25 bits per heavy atom. The second-order valence-corrected chi connectivity index (χ2v) is 3.32. The van der Waals surface area contributed by atoms with Crippen LogP contribution in [0.3, 0.4) is 0 Å². The van der Waals surface area contributed by atoms with Gasteiger partial charge in [0.25, 0.3) is 5.91 Å². The number of amides is 1. The molecule has 1 atom stereocenters. The van der Waals surface area contributed by atoms with Gasteiger partial charge in [0.1, 0.15) is 5.82 Å². The van der Waals surface area contributed by atoms with E-state index in [9.17, 15) is 4.79 Å². The van der Waals surface area contributed by atoms with Crippen LogP contribution >= 0.6 is 0 Å². The summed E-state index contributed by atoms with van der Waals surface area (Å²) in [6.45, 7) is 2.00. The molecule has 0 aromatic carbocycles. The molecule has 88 valence electrons. The number of carbonyl (C=O) groups is 1. The maximum absolute atomic E-state index is 11.2. The molecule has 16 heavy (non-hydrogen) atoms. The lowest BCUT2D eigenvalue weighted by Crippen LogP contribution is -2.24. The fraction of sp³-hybridized carbons (Fsp3) is 0.500. The second kappa shape index (κ2) is 6.02. The first-order valence-corrected chi connectivity index (χ1v) is 5.14. The summed E-state index contributed by atoms with van der Waals surface area (Å²) in [4.78, 5) is 11.2. The molecule has 0 radical (unpaired) electrons. The molecule has 1 aromatic heterocycles. The van der Waals surface area contributed by atoms with Crippen molar-refractivity contribution in [1.82, 2.24) is 15.5 Å². The predicted molar refractivity (Wildman–Crippen MR) is 60.2 cm³/mol. The van der Waals surface area contributed by atoms with E-state index in [-0.39, 0.29) is 24.2 Å². The summed E-state index contributed by atoms with van der Waals surface area (Å²) in [6, 6.07) is 3.20. The molecular weight excluding hydrogens is 208 g/mol. The van der Waals surface area contributed by atoms with E-state index in [2.05, 4.69) is 20.8 Å². The van der Waals surface area contributed by atoms with Gasteiger partial charge in [-0.05, 0) is 18.6 Å². The third-order valence-electron chi connectivity index (χ3n) is 2.19. The topological polar surface area (TPSA) is 87.1 Å². The van der Waals surface area contributed by atoms with Crippen LogP contribution in [0.1, 0.15) is 23.8 Å². The second-order valence-electron chi connectivity index (χ2n) is 3.32. The summed E-state index contributed by atoms with van der Waals surface area (Å²) in [7, 11) is 1.54. The number of aromatic nitrogens is 2. The molecule has 6 nitrogen and oxygen atoms in total. The summed E-state index contributed by atoms with van der Waals surface area (Å²) in [5.41, 5.74) is 0.269. The van der Waals surface area contributed by atoms with Crippen LogP contribution in [0.15, 0.2) is 12.1 Å². The minimum absolute atomic E-state index is 0.0371. The zero-order valence-corrected chi connectivity index (χ0v) is 9.40. The Morgan fingerprint density at radius 3 is 2.69 bits per heavy atom. The van der Waals surface area contributed by atoms with E-state index in [0.29, 0.717) is 5.82 Å². The van der Waals surface area contributed by atoms with Crippen LogP contribution in [0.4, 0.5) is 5.82 Å². The Hall–Kier alpha value is -1.69. The van der Waals surface area contributed by atoms with E-state index >= 15 is 0 Å². The smallest absolute Gasteiger partial charge is 0.271 e. The first-order chi connectivity index (χ1) is 7.71.